The maximum absolute atomic E-state index is 12.2. The highest BCUT2D eigenvalue weighted by Gasteiger charge is 2.30. The lowest BCUT2D eigenvalue weighted by Crippen LogP contribution is -2.44. The molecule has 6 nitrogen and oxygen atoms in total. The molecule has 0 aliphatic heterocycles. The Morgan fingerprint density at radius 1 is 1.50 bits per heavy atom. The summed E-state index contributed by atoms with van der Waals surface area (Å²) < 4.78 is 0. The van der Waals surface area contributed by atoms with E-state index in [0.717, 1.165) is 22.4 Å². The molecule has 0 unspecified atom stereocenters. The molecule has 118 valence electrons. The van der Waals surface area contributed by atoms with Gasteiger partial charge >= 0.3 is 0 Å². The van der Waals surface area contributed by atoms with E-state index in [0.29, 0.717) is 25.8 Å². The van der Waals surface area contributed by atoms with Crippen LogP contribution in [0.4, 0.5) is 0 Å². The van der Waals surface area contributed by atoms with Gasteiger partial charge in [0.1, 0.15) is 5.82 Å². The number of benzene rings is 1. The molecule has 1 saturated carbocycles. The van der Waals surface area contributed by atoms with Gasteiger partial charge < -0.3 is 21.1 Å². The number of aromatic amines is 1. The smallest absolute Gasteiger partial charge is 0.223 e. The highest BCUT2D eigenvalue weighted by Crippen LogP contribution is 2.24. The monoisotopic (exact) mass is 302 g/mol. The van der Waals surface area contributed by atoms with Crippen LogP contribution in [0, 0.1) is 12.8 Å². The van der Waals surface area contributed by atoms with E-state index >= 15 is 0 Å². The number of fused-ring (bicyclic) bond motifs is 1. The Morgan fingerprint density at radius 2 is 2.32 bits per heavy atom. The molecule has 2 aromatic rings. The average molecular weight is 302 g/mol. The lowest BCUT2D eigenvalue weighted by molar-refractivity contribution is -0.127. The molecule has 5 N–H and O–H groups in total. The van der Waals surface area contributed by atoms with E-state index in [1.54, 1.807) is 0 Å². The molecule has 1 fully saturated rings. The van der Waals surface area contributed by atoms with Gasteiger partial charge in [-0.1, -0.05) is 6.07 Å². The highest BCUT2D eigenvalue weighted by atomic mass is 16.3. The van der Waals surface area contributed by atoms with Crippen molar-refractivity contribution in [2.75, 3.05) is 0 Å². The Kier molecular flexibility index (Phi) is 4.13. The van der Waals surface area contributed by atoms with Gasteiger partial charge in [0.15, 0.2) is 0 Å². The number of carbonyl (C=O) groups excluding carboxylic acids is 1. The Bertz CT molecular complexity index is 682. The second-order valence-corrected chi connectivity index (χ2v) is 6.13. The third kappa shape index (κ3) is 3.13. The van der Waals surface area contributed by atoms with Crippen molar-refractivity contribution >= 4 is 16.9 Å². The molecule has 1 aliphatic rings. The molecule has 3 rings (SSSR count). The minimum absolute atomic E-state index is 0.0169. The Balaban J connectivity index is 1.60. The van der Waals surface area contributed by atoms with E-state index in [-0.39, 0.29) is 17.9 Å². The molecule has 1 aromatic carbocycles. The second-order valence-electron chi connectivity index (χ2n) is 6.13. The zero-order valence-corrected chi connectivity index (χ0v) is 12.7. The van der Waals surface area contributed by atoms with Crippen molar-refractivity contribution in [3.63, 3.8) is 0 Å². The van der Waals surface area contributed by atoms with Crippen molar-refractivity contribution in [3.8, 4) is 0 Å². The quantitative estimate of drug-likeness (QED) is 0.678. The highest BCUT2D eigenvalue weighted by molar-refractivity contribution is 5.79. The molecule has 0 radical (unpaired) electrons. The molecule has 1 aromatic heterocycles. The van der Waals surface area contributed by atoms with Crippen LogP contribution >= 0.6 is 0 Å². The van der Waals surface area contributed by atoms with E-state index in [1.807, 2.05) is 25.1 Å². The van der Waals surface area contributed by atoms with Crippen LogP contribution in [0.2, 0.25) is 0 Å². The SMILES string of the molecule is Cc1nc2ccc(CNC(=O)[C@H]3CC[C@@H](O)[C@H](N)C3)cc2[nH]1. The van der Waals surface area contributed by atoms with E-state index in [1.165, 1.54) is 0 Å². The van der Waals surface area contributed by atoms with Crippen LogP contribution in [-0.4, -0.2) is 33.1 Å². The van der Waals surface area contributed by atoms with E-state index in [9.17, 15) is 9.90 Å². The summed E-state index contributed by atoms with van der Waals surface area (Å²) in [7, 11) is 0. The zero-order chi connectivity index (χ0) is 15.7. The molecule has 22 heavy (non-hydrogen) atoms. The maximum Gasteiger partial charge on any atom is 0.223 e. The summed E-state index contributed by atoms with van der Waals surface area (Å²) in [6.07, 6.45) is 1.36. The number of carbonyl (C=O) groups is 1. The number of nitrogens with zero attached hydrogens (tertiary/aromatic N) is 1. The molecule has 0 saturated heterocycles. The number of aromatic nitrogens is 2. The van der Waals surface area contributed by atoms with Gasteiger partial charge in [-0.15, -0.1) is 0 Å². The molecule has 1 heterocycles. The van der Waals surface area contributed by atoms with Crippen LogP contribution < -0.4 is 11.1 Å². The van der Waals surface area contributed by atoms with Crippen LogP contribution in [0.15, 0.2) is 18.2 Å². The molecule has 3 atom stereocenters. The molecular weight excluding hydrogens is 280 g/mol. The molecule has 6 heteroatoms. The topological polar surface area (TPSA) is 104 Å². The third-order valence-electron chi connectivity index (χ3n) is 4.36. The van der Waals surface area contributed by atoms with Crippen molar-refractivity contribution in [3.05, 3.63) is 29.6 Å². The summed E-state index contributed by atoms with van der Waals surface area (Å²) in [5, 5.41) is 12.6. The summed E-state index contributed by atoms with van der Waals surface area (Å²) in [6, 6.07) is 5.63. The van der Waals surface area contributed by atoms with Crippen LogP contribution in [0.1, 0.15) is 30.7 Å². The first kappa shape index (κ1) is 15.0. The predicted octanol–water partition coefficient (Wildman–Crippen LogP) is 0.976. The van der Waals surface area contributed by atoms with Crippen LogP contribution in [0.5, 0.6) is 0 Å². The molecule has 0 bridgehead atoms. The van der Waals surface area contributed by atoms with Gasteiger partial charge in [0, 0.05) is 18.5 Å². The molecule has 0 spiro atoms. The summed E-state index contributed by atoms with van der Waals surface area (Å²) in [5.41, 5.74) is 8.78. The van der Waals surface area contributed by atoms with E-state index in [4.69, 9.17) is 5.73 Å². The van der Waals surface area contributed by atoms with Gasteiger partial charge in [0.2, 0.25) is 5.91 Å². The number of aliphatic hydroxyl groups is 1. The second kappa shape index (κ2) is 6.06. The van der Waals surface area contributed by atoms with Gasteiger partial charge in [-0.3, -0.25) is 4.79 Å². The van der Waals surface area contributed by atoms with Crippen LogP contribution in [0.3, 0.4) is 0 Å². The van der Waals surface area contributed by atoms with Crippen molar-refractivity contribution < 1.29 is 9.90 Å². The lowest BCUT2D eigenvalue weighted by Gasteiger charge is -2.30. The maximum atomic E-state index is 12.2. The number of aryl methyl sites for hydroxylation is 1. The fourth-order valence-corrected chi connectivity index (χ4v) is 3.06. The van der Waals surface area contributed by atoms with Crippen molar-refractivity contribution in [2.45, 2.75) is 44.9 Å². The van der Waals surface area contributed by atoms with Gasteiger partial charge in [-0.2, -0.15) is 0 Å². The standard InChI is InChI=1S/C16H22N4O2/c1-9-19-13-4-2-10(6-14(13)20-9)8-18-16(22)11-3-5-15(21)12(17)7-11/h2,4,6,11-12,15,21H,3,5,7-8,17H2,1H3,(H,18,22)(H,19,20)/t11-,12+,15+/m0/s1. The number of H-pyrrole nitrogens is 1. The van der Waals surface area contributed by atoms with Gasteiger partial charge in [-0.25, -0.2) is 4.98 Å². The fraction of sp³-hybridized carbons (Fsp3) is 0.500. The Labute approximate surface area is 129 Å². The van der Waals surface area contributed by atoms with Gasteiger partial charge in [-0.05, 0) is 43.9 Å². The van der Waals surface area contributed by atoms with E-state index < -0.39 is 6.10 Å². The normalized spacial score (nSPS) is 25.3. The zero-order valence-electron chi connectivity index (χ0n) is 12.7. The third-order valence-corrected chi connectivity index (χ3v) is 4.36. The lowest BCUT2D eigenvalue weighted by atomic mass is 9.83. The Hall–Kier alpha value is -1.92. The van der Waals surface area contributed by atoms with Crippen molar-refractivity contribution in [1.29, 1.82) is 0 Å². The number of hydrogen-bond donors (Lipinski definition) is 4. The van der Waals surface area contributed by atoms with Crippen LogP contribution in [0.25, 0.3) is 11.0 Å². The number of nitrogens with two attached hydrogens (primary N) is 1. The predicted molar refractivity (Wildman–Crippen MR) is 84.0 cm³/mol. The summed E-state index contributed by atoms with van der Waals surface area (Å²) in [4.78, 5) is 19.8. The summed E-state index contributed by atoms with van der Waals surface area (Å²) >= 11 is 0. The molecule has 1 amide bonds. The Morgan fingerprint density at radius 3 is 3.09 bits per heavy atom. The number of aliphatic hydroxyl groups excluding tert-OH is 1. The van der Waals surface area contributed by atoms with Crippen molar-refractivity contribution in [1.82, 2.24) is 15.3 Å². The molecule has 1 aliphatic carbocycles. The largest absolute Gasteiger partial charge is 0.392 e. The first-order valence-electron chi connectivity index (χ1n) is 7.69. The minimum atomic E-state index is -0.477. The summed E-state index contributed by atoms with van der Waals surface area (Å²) in [5.74, 6) is 0.797. The average Bonchev–Trinajstić information content (AvgIpc) is 2.86. The minimum Gasteiger partial charge on any atom is -0.392 e. The number of imidazole rings is 1. The number of nitrogens with one attached hydrogen (secondary N) is 2. The first-order chi connectivity index (χ1) is 10.5. The fourth-order valence-electron chi connectivity index (χ4n) is 3.06. The number of rotatable bonds is 3. The number of amides is 1. The summed E-state index contributed by atoms with van der Waals surface area (Å²) in [6.45, 7) is 2.41. The van der Waals surface area contributed by atoms with Gasteiger partial charge in [0.05, 0.1) is 17.1 Å². The van der Waals surface area contributed by atoms with Crippen molar-refractivity contribution in [2.24, 2.45) is 11.7 Å². The van der Waals surface area contributed by atoms with Gasteiger partial charge in [0.25, 0.3) is 0 Å². The van der Waals surface area contributed by atoms with Crippen LogP contribution in [-0.2, 0) is 11.3 Å². The molecular formula is C16H22N4O2. The number of hydrogen-bond acceptors (Lipinski definition) is 4. The van der Waals surface area contributed by atoms with E-state index in [2.05, 4.69) is 15.3 Å². The first-order valence-corrected chi connectivity index (χ1v) is 7.69.